The number of benzene rings is 1. The molecule has 6 nitrogen and oxygen atoms in total. The highest BCUT2D eigenvalue weighted by Crippen LogP contribution is 2.27. The number of halogens is 1. The van der Waals surface area contributed by atoms with Crippen molar-refractivity contribution in [3.63, 3.8) is 0 Å². The Morgan fingerprint density at radius 1 is 1.21 bits per heavy atom. The molecule has 0 atom stereocenters. The molecule has 0 saturated carbocycles. The Morgan fingerprint density at radius 3 is 2.71 bits per heavy atom. The molecule has 0 aliphatic carbocycles. The smallest absolute Gasteiger partial charge is 0.326 e. The number of piperidine rings is 1. The molecule has 1 N–H and O–H groups in total. The number of H-pyrrole nitrogens is 1. The number of aromatic amines is 1. The van der Waals surface area contributed by atoms with Gasteiger partial charge in [0.05, 0.1) is 11.0 Å². The van der Waals surface area contributed by atoms with Crippen LogP contribution in [-0.4, -0.2) is 32.6 Å². The van der Waals surface area contributed by atoms with Gasteiger partial charge in [-0.15, -0.1) is 0 Å². The largest absolute Gasteiger partial charge is 0.356 e. The van der Waals surface area contributed by atoms with E-state index in [1.165, 1.54) is 0 Å². The quantitative estimate of drug-likeness (QED) is 0.726. The molecule has 1 aromatic carbocycles. The fourth-order valence-corrected chi connectivity index (χ4v) is 3.69. The Balaban J connectivity index is 1.57. The Kier molecular flexibility index (Phi) is 3.76. The van der Waals surface area contributed by atoms with Gasteiger partial charge in [0.25, 0.3) is 0 Å². The van der Waals surface area contributed by atoms with Gasteiger partial charge >= 0.3 is 5.69 Å². The molecule has 0 amide bonds. The first-order valence-electron chi connectivity index (χ1n) is 8.07. The summed E-state index contributed by atoms with van der Waals surface area (Å²) >= 11 is 6.04. The van der Waals surface area contributed by atoms with Crippen LogP contribution >= 0.6 is 11.6 Å². The van der Waals surface area contributed by atoms with E-state index in [1.807, 2.05) is 35.8 Å². The normalized spacial score (nSPS) is 16.0. The van der Waals surface area contributed by atoms with Crippen LogP contribution in [0.3, 0.4) is 0 Å². The number of nitrogens with one attached hydrogen (secondary N) is 1. The number of aromatic nitrogens is 4. The molecule has 7 heteroatoms. The standard InChI is InChI=1S/C17H18ClN5O/c1-11-19-15(18)10-16(20-11)22-8-6-12(7-9-22)23-14-5-3-2-4-13(14)21-17(23)24/h2-5,10,12H,6-9H2,1H3,(H,21,24). The van der Waals surface area contributed by atoms with Crippen molar-refractivity contribution in [2.24, 2.45) is 0 Å². The van der Waals surface area contributed by atoms with E-state index in [1.54, 1.807) is 6.07 Å². The van der Waals surface area contributed by atoms with Crippen molar-refractivity contribution in [2.75, 3.05) is 18.0 Å². The van der Waals surface area contributed by atoms with Crippen LogP contribution in [0.2, 0.25) is 5.15 Å². The van der Waals surface area contributed by atoms with Crippen molar-refractivity contribution in [3.8, 4) is 0 Å². The second-order valence-corrected chi connectivity index (χ2v) is 6.52. The first-order chi connectivity index (χ1) is 11.6. The highest BCUT2D eigenvalue weighted by atomic mass is 35.5. The second-order valence-electron chi connectivity index (χ2n) is 6.13. The van der Waals surface area contributed by atoms with Crippen molar-refractivity contribution in [1.29, 1.82) is 0 Å². The van der Waals surface area contributed by atoms with Gasteiger partial charge in [-0.3, -0.25) is 4.57 Å². The maximum Gasteiger partial charge on any atom is 0.326 e. The van der Waals surface area contributed by atoms with Crippen LogP contribution in [0.5, 0.6) is 0 Å². The van der Waals surface area contributed by atoms with E-state index in [-0.39, 0.29) is 11.7 Å². The van der Waals surface area contributed by atoms with Gasteiger partial charge in [0, 0.05) is 25.2 Å². The molecule has 1 aliphatic heterocycles. The monoisotopic (exact) mass is 343 g/mol. The molecule has 0 unspecified atom stereocenters. The minimum atomic E-state index is -0.0319. The van der Waals surface area contributed by atoms with Gasteiger partial charge in [0.2, 0.25) is 0 Å². The maximum atomic E-state index is 12.3. The molecular weight excluding hydrogens is 326 g/mol. The third-order valence-electron chi connectivity index (χ3n) is 4.57. The lowest BCUT2D eigenvalue weighted by Crippen LogP contribution is -2.37. The summed E-state index contributed by atoms with van der Waals surface area (Å²) in [5.74, 6) is 1.53. The summed E-state index contributed by atoms with van der Waals surface area (Å²) in [6.45, 7) is 3.51. The van der Waals surface area contributed by atoms with Gasteiger partial charge in [-0.1, -0.05) is 23.7 Å². The predicted molar refractivity (Wildman–Crippen MR) is 94.8 cm³/mol. The van der Waals surface area contributed by atoms with Gasteiger partial charge in [0.1, 0.15) is 16.8 Å². The summed E-state index contributed by atoms with van der Waals surface area (Å²) in [6.07, 6.45) is 1.78. The lowest BCUT2D eigenvalue weighted by Gasteiger charge is -2.33. The second kappa shape index (κ2) is 5.94. The SMILES string of the molecule is Cc1nc(Cl)cc(N2CCC(n3c(=O)[nH]c4ccccc43)CC2)n1. The average molecular weight is 344 g/mol. The van der Waals surface area contributed by atoms with Crippen molar-refractivity contribution in [2.45, 2.75) is 25.8 Å². The van der Waals surface area contributed by atoms with Crippen molar-refractivity contribution >= 4 is 28.5 Å². The van der Waals surface area contributed by atoms with Gasteiger partial charge in [0.15, 0.2) is 0 Å². The molecule has 0 radical (unpaired) electrons. The summed E-state index contributed by atoms with van der Waals surface area (Å²) in [5, 5.41) is 0.465. The van der Waals surface area contributed by atoms with E-state index in [4.69, 9.17) is 11.6 Å². The minimum absolute atomic E-state index is 0.0319. The topological polar surface area (TPSA) is 66.8 Å². The third kappa shape index (κ3) is 2.67. The lowest BCUT2D eigenvalue weighted by molar-refractivity contribution is 0.395. The molecule has 0 bridgehead atoms. The van der Waals surface area contributed by atoms with E-state index < -0.39 is 0 Å². The number of hydrogen-bond acceptors (Lipinski definition) is 4. The fourth-order valence-electron chi connectivity index (χ4n) is 3.47. The number of fused-ring (bicyclic) bond motifs is 1. The summed E-state index contributed by atoms with van der Waals surface area (Å²) in [4.78, 5) is 26.1. The van der Waals surface area contributed by atoms with Crippen LogP contribution in [0.25, 0.3) is 11.0 Å². The molecule has 3 aromatic rings. The summed E-state index contributed by atoms with van der Waals surface area (Å²) in [7, 11) is 0. The third-order valence-corrected chi connectivity index (χ3v) is 4.76. The number of anilines is 1. The molecule has 3 heterocycles. The Labute approximate surface area is 144 Å². The zero-order chi connectivity index (χ0) is 16.7. The van der Waals surface area contributed by atoms with E-state index in [0.29, 0.717) is 11.0 Å². The first kappa shape index (κ1) is 15.2. The summed E-state index contributed by atoms with van der Waals surface area (Å²) in [6, 6.07) is 9.83. The number of nitrogens with zero attached hydrogens (tertiary/aromatic N) is 4. The Bertz CT molecular complexity index is 919. The van der Waals surface area contributed by atoms with E-state index in [2.05, 4.69) is 19.9 Å². The Morgan fingerprint density at radius 2 is 1.96 bits per heavy atom. The molecule has 1 aliphatic rings. The zero-order valence-corrected chi connectivity index (χ0v) is 14.1. The molecule has 1 fully saturated rings. The van der Waals surface area contributed by atoms with E-state index in [0.717, 1.165) is 42.8 Å². The highest BCUT2D eigenvalue weighted by Gasteiger charge is 2.24. The molecule has 4 rings (SSSR count). The van der Waals surface area contributed by atoms with Gasteiger partial charge in [-0.05, 0) is 31.9 Å². The maximum absolute atomic E-state index is 12.3. The van der Waals surface area contributed by atoms with Crippen LogP contribution in [-0.2, 0) is 0 Å². The highest BCUT2D eigenvalue weighted by molar-refractivity contribution is 6.29. The first-order valence-corrected chi connectivity index (χ1v) is 8.45. The van der Waals surface area contributed by atoms with E-state index >= 15 is 0 Å². The number of imidazole rings is 1. The summed E-state index contributed by atoms with van der Waals surface area (Å²) in [5.41, 5.74) is 1.83. The molecular formula is C17H18ClN5O. The van der Waals surface area contributed by atoms with E-state index in [9.17, 15) is 4.79 Å². The minimum Gasteiger partial charge on any atom is -0.356 e. The van der Waals surface area contributed by atoms with Crippen molar-refractivity contribution < 1.29 is 0 Å². The number of aryl methyl sites for hydroxylation is 1. The fraction of sp³-hybridized carbons (Fsp3) is 0.353. The Hall–Kier alpha value is -2.34. The number of para-hydroxylation sites is 2. The molecule has 2 aromatic heterocycles. The number of rotatable bonds is 2. The van der Waals surface area contributed by atoms with Crippen LogP contribution < -0.4 is 10.6 Å². The van der Waals surface area contributed by atoms with Crippen LogP contribution in [0.15, 0.2) is 35.1 Å². The van der Waals surface area contributed by atoms with Crippen molar-refractivity contribution in [1.82, 2.24) is 19.5 Å². The molecule has 0 spiro atoms. The van der Waals surface area contributed by atoms with Gasteiger partial charge < -0.3 is 9.88 Å². The molecule has 124 valence electrons. The summed E-state index contributed by atoms with van der Waals surface area (Å²) < 4.78 is 1.89. The predicted octanol–water partition coefficient (Wildman–Crippen LogP) is 2.92. The van der Waals surface area contributed by atoms with Crippen LogP contribution in [0.1, 0.15) is 24.7 Å². The van der Waals surface area contributed by atoms with Gasteiger partial charge in [-0.25, -0.2) is 14.8 Å². The van der Waals surface area contributed by atoms with Crippen LogP contribution in [0, 0.1) is 6.92 Å². The molecule has 1 saturated heterocycles. The lowest BCUT2D eigenvalue weighted by atomic mass is 10.0. The zero-order valence-electron chi connectivity index (χ0n) is 13.4. The number of hydrogen-bond donors (Lipinski definition) is 1. The van der Waals surface area contributed by atoms with Crippen LogP contribution in [0.4, 0.5) is 5.82 Å². The van der Waals surface area contributed by atoms with Crippen molar-refractivity contribution in [3.05, 3.63) is 51.8 Å². The molecule has 24 heavy (non-hydrogen) atoms. The van der Waals surface area contributed by atoms with Gasteiger partial charge in [-0.2, -0.15) is 0 Å². The average Bonchev–Trinajstić information content (AvgIpc) is 2.90.